The van der Waals surface area contributed by atoms with Crippen molar-refractivity contribution in [3.8, 4) is 0 Å². The number of hydrogen-bond acceptors (Lipinski definition) is 10. The third kappa shape index (κ3) is 46.8. The number of unbranched alkanes of at least 4 members (excludes halogenated alkanes) is 30. The smallest absolute Gasteiger partial charge is 0.306 e. The second-order valence-electron chi connectivity index (χ2n) is 23.5. The molecule has 0 aliphatic carbocycles. The molecule has 484 valence electrons. The molecule has 0 aromatic rings. The number of carbonyl (C=O) groups excluding carboxylic acids is 2. The lowest BCUT2D eigenvalue weighted by Gasteiger charge is -2.41. The van der Waals surface area contributed by atoms with E-state index < -0.39 is 67.4 Å². The predicted molar refractivity (Wildman–Crippen MR) is 352 cm³/mol. The molecule has 0 radical (unpaired) electrons. The first-order valence-corrected chi connectivity index (χ1v) is 34.5. The van der Waals surface area contributed by atoms with Gasteiger partial charge >= 0.3 is 5.97 Å². The number of esters is 1. The monoisotopic (exact) mass is 1180 g/mol. The number of nitrogens with one attached hydrogen (secondary N) is 1. The molecule has 1 fully saturated rings. The molecule has 6 N–H and O–H groups in total. The van der Waals surface area contributed by atoms with Gasteiger partial charge in [0.1, 0.15) is 24.4 Å². The zero-order valence-electron chi connectivity index (χ0n) is 53.7. The second-order valence-corrected chi connectivity index (χ2v) is 23.5. The Morgan fingerprint density at radius 1 is 0.476 bits per heavy atom. The van der Waals surface area contributed by atoms with Crippen molar-refractivity contribution in [2.24, 2.45) is 0 Å². The van der Waals surface area contributed by atoms with Gasteiger partial charge < -0.3 is 45.1 Å². The van der Waals surface area contributed by atoms with Gasteiger partial charge in [-0.1, -0.05) is 279 Å². The van der Waals surface area contributed by atoms with Crippen molar-refractivity contribution in [3.63, 3.8) is 0 Å². The van der Waals surface area contributed by atoms with Crippen molar-refractivity contribution in [2.75, 3.05) is 13.2 Å². The zero-order valence-corrected chi connectivity index (χ0v) is 53.7. The molecule has 8 atom stereocenters. The summed E-state index contributed by atoms with van der Waals surface area (Å²) >= 11 is 0. The van der Waals surface area contributed by atoms with Gasteiger partial charge in [0.15, 0.2) is 12.4 Å². The van der Waals surface area contributed by atoms with Crippen molar-refractivity contribution in [3.05, 3.63) is 97.2 Å². The summed E-state index contributed by atoms with van der Waals surface area (Å²) in [6.07, 6.45) is 70.1. The Kier molecular flexibility index (Phi) is 56.0. The first-order chi connectivity index (χ1) is 41.2. The topological polar surface area (TPSA) is 175 Å². The molecule has 0 spiro atoms. The van der Waals surface area contributed by atoms with Gasteiger partial charge in [0.05, 0.1) is 25.4 Å². The van der Waals surface area contributed by atoms with Crippen LogP contribution in [0.1, 0.15) is 290 Å². The second kappa shape index (κ2) is 59.9. The van der Waals surface area contributed by atoms with Gasteiger partial charge in [0.25, 0.3) is 0 Å². The van der Waals surface area contributed by atoms with Crippen molar-refractivity contribution in [1.29, 1.82) is 0 Å². The number of amides is 1. The van der Waals surface area contributed by atoms with Crippen LogP contribution in [-0.4, -0.2) is 99.6 Å². The molecule has 1 amide bonds. The minimum atomic E-state index is -1.62. The molecule has 1 rings (SSSR count). The van der Waals surface area contributed by atoms with E-state index in [-0.39, 0.29) is 19.4 Å². The summed E-state index contributed by atoms with van der Waals surface area (Å²) in [6.45, 7) is 5.66. The van der Waals surface area contributed by atoms with Gasteiger partial charge in [-0.2, -0.15) is 0 Å². The molecule has 84 heavy (non-hydrogen) atoms. The number of aliphatic hydroxyl groups is 5. The lowest BCUT2D eigenvalue weighted by Crippen LogP contribution is -2.61. The minimum absolute atomic E-state index is 0.111. The molecular weight excluding hydrogens is 1050 g/mol. The van der Waals surface area contributed by atoms with Crippen molar-refractivity contribution < 1.29 is 49.3 Å². The Balaban J connectivity index is 2.59. The van der Waals surface area contributed by atoms with E-state index in [4.69, 9.17) is 14.2 Å². The maximum atomic E-state index is 13.5. The van der Waals surface area contributed by atoms with Gasteiger partial charge in [-0.3, -0.25) is 9.59 Å². The highest BCUT2D eigenvalue weighted by Crippen LogP contribution is 2.26. The summed E-state index contributed by atoms with van der Waals surface area (Å²) in [7, 11) is 0. The minimum Gasteiger partial charge on any atom is -0.454 e. The fraction of sp³-hybridized carbons (Fsp3) is 0.753. The first-order valence-electron chi connectivity index (χ1n) is 34.5. The maximum absolute atomic E-state index is 13.5. The van der Waals surface area contributed by atoms with E-state index in [2.05, 4.69) is 111 Å². The quantitative estimate of drug-likeness (QED) is 0.0195. The van der Waals surface area contributed by atoms with E-state index in [0.717, 1.165) is 116 Å². The molecule has 1 heterocycles. The molecule has 0 aromatic heterocycles. The first kappa shape index (κ1) is 78.6. The number of allylic oxidation sites excluding steroid dienone is 15. The van der Waals surface area contributed by atoms with E-state index in [1.165, 1.54) is 128 Å². The summed E-state index contributed by atoms with van der Waals surface area (Å²) in [5.41, 5.74) is 0. The average molecular weight is 1180 g/mol. The molecule has 0 bridgehead atoms. The number of ether oxygens (including phenoxy) is 3. The number of carbonyl (C=O) groups is 2. The summed E-state index contributed by atoms with van der Waals surface area (Å²) < 4.78 is 17.7. The van der Waals surface area contributed by atoms with Crippen LogP contribution in [0, 0.1) is 0 Å². The van der Waals surface area contributed by atoms with Gasteiger partial charge in [0, 0.05) is 6.42 Å². The molecule has 8 unspecified atom stereocenters. The zero-order chi connectivity index (χ0) is 61.0. The lowest BCUT2D eigenvalue weighted by atomic mass is 9.99. The van der Waals surface area contributed by atoms with E-state index in [1.54, 1.807) is 6.08 Å². The van der Waals surface area contributed by atoms with Crippen LogP contribution in [-0.2, 0) is 23.8 Å². The molecule has 11 heteroatoms. The van der Waals surface area contributed by atoms with E-state index in [0.29, 0.717) is 12.8 Å². The molecular formula is C73H127NO10. The van der Waals surface area contributed by atoms with Crippen LogP contribution >= 0.6 is 0 Å². The molecule has 0 aromatic carbocycles. The Bertz CT molecular complexity index is 1740. The highest BCUT2D eigenvalue weighted by Gasteiger charge is 2.47. The van der Waals surface area contributed by atoms with E-state index >= 15 is 0 Å². The van der Waals surface area contributed by atoms with E-state index in [1.807, 2.05) is 6.08 Å². The van der Waals surface area contributed by atoms with Crippen molar-refractivity contribution in [1.82, 2.24) is 5.32 Å². The van der Waals surface area contributed by atoms with Gasteiger partial charge in [-0.15, -0.1) is 0 Å². The fourth-order valence-corrected chi connectivity index (χ4v) is 10.3. The highest BCUT2D eigenvalue weighted by molar-refractivity contribution is 5.80. The third-order valence-corrected chi connectivity index (χ3v) is 15.7. The SMILES string of the molecule is CC/C=C\C/C=C\C/C=C\C/C=C\C/C=C\CCCCCCCCCCCCC(O)C(=O)NC(COC1OC(CO)C(O)C(O)C1OC(=O)CCCCCCCCC/C=C\C/C=C\CCCCC)C(O)/C=C/CCCCCCCCCCCC. The number of hydrogen-bond donors (Lipinski definition) is 6. The Hall–Kier alpha value is -3.42. The predicted octanol–water partition coefficient (Wildman–Crippen LogP) is 17.5. The molecule has 1 aliphatic heterocycles. The fourth-order valence-electron chi connectivity index (χ4n) is 10.3. The summed E-state index contributed by atoms with van der Waals surface area (Å²) in [5.74, 6) is -1.21. The maximum Gasteiger partial charge on any atom is 0.306 e. The summed E-state index contributed by atoms with van der Waals surface area (Å²) in [6, 6.07) is -1.03. The third-order valence-electron chi connectivity index (χ3n) is 15.7. The summed E-state index contributed by atoms with van der Waals surface area (Å²) in [5, 5.41) is 57.2. The molecule has 11 nitrogen and oxygen atoms in total. The normalized spacial score (nSPS) is 19.1. The van der Waals surface area contributed by atoms with Crippen LogP contribution in [0.15, 0.2) is 97.2 Å². The van der Waals surface area contributed by atoms with Crippen LogP contribution in [0.25, 0.3) is 0 Å². The summed E-state index contributed by atoms with van der Waals surface area (Å²) in [4.78, 5) is 26.6. The average Bonchev–Trinajstić information content (AvgIpc) is 3.67. The van der Waals surface area contributed by atoms with Crippen LogP contribution in [0.3, 0.4) is 0 Å². The Morgan fingerprint density at radius 3 is 1.31 bits per heavy atom. The van der Waals surface area contributed by atoms with Gasteiger partial charge in [0.2, 0.25) is 5.91 Å². The van der Waals surface area contributed by atoms with E-state index in [9.17, 15) is 35.1 Å². The Morgan fingerprint density at radius 2 is 0.857 bits per heavy atom. The van der Waals surface area contributed by atoms with Crippen LogP contribution in [0.4, 0.5) is 0 Å². The van der Waals surface area contributed by atoms with Crippen LogP contribution in [0.5, 0.6) is 0 Å². The van der Waals surface area contributed by atoms with Crippen LogP contribution in [0.2, 0.25) is 0 Å². The van der Waals surface area contributed by atoms with Crippen LogP contribution < -0.4 is 5.32 Å². The lowest BCUT2D eigenvalue weighted by molar-refractivity contribution is -0.305. The molecule has 1 aliphatic rings. The van der Waals surface area contributed by atoms with Gasteiger partial charge in [-0.25, -0.2) is 0 Å². The molecule has 0 saturated carbocycles. The van der Waals surface area contributed by atoms with Crippen molar-refractivity contribution in [2.45, 2.75) is 339 Å². The largest absolute Gasteiger partial charge is 0.454 e. The molecule has 1 saturated heterocycles. The standard InChI is InChI=1S/C73H127NO10/c1-4-7-10-13-16-19-22-25-27-29-30-31-32-33-34-35-36-37-39-40-42-45-48-51-54-57-60-66(77)72(81)74-64(65(76)59-56-53-50-47-44-24-21-18-15-12-9-6-3)63-82-73-71(70(80)69(79)67(62-75)83-73)84-68(78)61-58-55-52-49-46-43-41-38-28-26-23-20-17-14-11-8-5-2/h7,10,16-17,19-20,25-28,30-31,33-34,56,59,64-67,69-71,73,75-77,79-80H,4-6,8-9,11-15,18,21-24,29,32,35-55,57-58,60-63H2,1-3H3,(H,74,81)/b10-7-,19-16-,20-17-,27-25-,28-26-,31-30-,34-33-,59-56+. The number of rotatable bonds is 58. The highest BCUT2D eigenvalue weighted by atomic mass is 16.7. The number of aliphatic hydroxyl groups excluding tert-OH is 5. The Labute approximate surface area is 514 Å². The van der Waals surface area contributed by atoms with Gasteiger partial charge in [-0.05, 0) is 103 Å². The van der Waals surface area contributed by atoms with Crippen molar-refractivity contribution >= 4 is 11.9 Å².